The predicted octanol–water partition coefficient (Wildman–Crippen LogP) is 3.28. The van der Waals surface area contributed by atoms with Gasteiger partial charge in [0.25, 0.3) is 0 Å². The van der Waals surface area contributed by atoms with Gasteiger partial charge in [0.2, 0.25) is 0 Å². The topological polar surface area (TPSA) is 84.3 Å². The van der Waals surface area contributed by atoms with Crippen molar-refractivity contribution in [2.75, 3.05) is 5.32 Å². The molecule has 0 aliphatic rings. The molecule has 122 valence electrons. The number of nitrogens with zero attached hydrogens (tertiary/aromatic N) is 5. The number of benzene rings is 1. The van der Waals surface area contributed by atoms with E-state index in [-0.39, 0.29) is 5.41 Å². The number of aryl methyl sites for hydroxylation is 1. The predicted molar refractivity (Wildman–Crippen MR) is 94.4 cm³/mol. The third-order valence-electron chi connectivity index (χ3n) is 4.06. The van der Waals surface area contributed by atoms with Gasteiger partial charge in [0.05, 0.1) is 22.6 Å². The molecular formula is C17H19N7. The van der Waals surface area contributed by atoms with Gasteiger partial charge in [-0.1, -0.05) is 20.8 Å². The molecule has 4 aromatic rings. The SMILES string of the molecule is Cn1c(C(C)(C)C)nc2cc(Nc3ncnc4[nH]ncc34)ccc21. The molecule has 3 aromatic heterocycles. The number of anilines is 2. The van der Waals surface area contributed by atoms with Crippen molar-refractivity contribution in [3.05, 3.63) is 36.5 Å². The molecule has 0 saturated heterocycles. The van der Waals surface area contributed by atoms with Gasteiger partial charge in [0, 0.05) is 18.2 Å². The van der Waals surface area contributed by atoms with E-state index in [2.05, 4.69) is 63.9 Å². The van der Waals surface area contributed by atoms with E-state index < -0.39 is 0 Å². The van der Waals surface area contributed by atoms with Crippen molar-refractivity contribution in [2.24, 2.45) is 7.05 Å². The van der Waals surface area contributed by atoms with Crippen molar-refractivity contribution in [3.63, 3.8) is 0 Å². The maximum absolute atomic E-state index is 4.81. The molecule has 0 radical (unpaired) electrons. The van der Waals surface area contributed by atoms with E-state index in [4.69, 9.17) is 4.98 Å². The molecule has 0 unspecified atom stereocenters. The Morgan fingerprint density at radius 3 is 2.79 bits per heavy atom. The first-order valence-electron chi connectivity index (χ1n) is 7.81. The summed E-state index contributed by atoms with van der Waals surface area (Å²) in [5, 5.41) is 11.0. The summed E-state index contributed by atoms with van der Waals surface area (Å²) in [6.07, 6.45) is 3.23. The van der Waals surface area contributed by atoms with Crippen molar-refractivity contribution in [1.82, 2.24) is 29.7 Å². The molecule has 0 spiro atoms. The lowest BCUT2D eigenvalue weighted by Gasteiger charge is -2.17. The Labute approximate surface area is 139 Å². The van der Waals surface area contributed by atoms with Crippen molar-refractivity contribution in [3.8, 4) is 0 Å². The Balaban J connectivity index is 1.77. The van der Waals surface area contributed by atoms with Crippen LogP contribution in [0.25, 0.3) is 22.1 Å². The molecule has 0 atom stereocenters. The van der Waals surface area contributed by atoms with Crippen LogP contribution in [0.4, 0.5) is 11.5 Å². The van der Waals surface area contributed by atoms with E-state index in [1.807, 2.05) is 12.1 Å². The first kappa shape index (κ1) is 14.6. The Morgan fingerprint density at radius 1 is 1.17 bits per heavy atom. The van der Waals surface area contributed by atoms with E-state index >= 15 is 0 Å². The summed E-state index contributed by atoms with van der Waals surface area (Å²) >= 11 is 0. The molecule has 0 aliphatic heterocycles. The number of hydrogen-bond donors (Lipinski definition) is 2. The standard InChI is InChI=1S/C17H19N7/c1-17(2,3)16-22-12-7-10(5-6-13(12)24(16)4)21-14-11-8-20-23-15(11)19-9-18-14/h5-9H,1-4H3,(H2,18,19,20,21,23). The van der Waals surface area contributed by atoms with Gasteiger partial charge in [-0.15, -0.1) is 0 Å². The summed E-state index contributed by atoms with van der Waals surface area (Å²) in [5.41, 5.74) is 3.71. The molecule has 7 heteroatoms. The van der Waals surface area contributed by atoms with Crippen LogP contribution in [0.5, 0.6) is 0 Å². The van der Waals surface area contributed by atoms with Gasteiger partial charge < -0.3 is 9.88 Å². The van der Waals surface area contributed by atoms with Crippen molar-refractivity contribution >= 4 is 33.6 Å². The van der Waals surface area contributed by atoms with E-state index in [1.165, 1.54) is 6.33 Å². The minimum Gasteiger partial charge on any atom is -0.339 e. The molecule has 0 saturated carbocycles. The highest BCUT2D eigenvalue weighted by atomic mass is 15.2. The lowest BCUT2D eigenvalue weighted by molar-refractivity contribution is 0.526. The van der Waals surface area contributed by atoms with Crippen LogP contribution < -0.4 is 5.32 Å². The van der Waals surface area contributed by atoms with Gasteiger partial charge in [-0.25, -0.2) is 15.0 Å². The highest BCUT2D eigenvalue weighted by molar-refractivity contribution is 5.89. The van der Waals surface area contributed by atoms with Gasteiger partial charge in [0.1, 0.15) is 18.0 Å². The van der Waals surface area contributed by atoms with Crippen LogP contribution in [0.2, 0.25) is 0 Å². The molecule has 7 nitrogen and oxygen atoms in total. The monoisotopic (exact) mass is 321 g/mol. The zero-order chi connectivity index (χ0) is 16.9. The smallest absolute Gasteiger partial charge is 0.160 e. The third kappa shape index (κ3) is 2.29. The molecular weight excluding hydrogens is 302 g/mol. The number of hydrogen-bond acceptors (Lipinski definition) is 5. The highest BCUT2D eigenvalue weighted by Crippen LogP contribution is 2.28. The number of nitrogens with one attached hydrogen (secondary N) is 2. The quantitative estimate of drug-likeness (QED) is 0.592. The zero-order valence-corrected chi connectivity index (χ0v) is 14.1. The van der Waals surface area contributed by atoms with Crippen molar-refractivity contribution in [2.45, 2.75) is 26.2 Å². The van der Waals surface area contributed by atoms with Crippen LogP contribution in [0, 0.1) is 0 Å². The summed E-state index contributed by atoms with van der Waals surface area (Å²) in [7, 11) is 2.06. The fourth-order valence-electron chi connectivity index (χ4n) is 2.95. The maximum Gasteiger partial charge on any atom is 0.160 e. The number of imidazole rings is 1. The normalized spacial score (nSPS) is 12.2. The van der Waals surface area contributed by atoms with Gasteiger partial charge in [-0.2, -0.15) is 5.10 Å². The number of aromatic amines is 1. The second-order valence-electron chi connectivity index (χ2n) is 6.93. The summed E-state index contributed by atoms with van der Waals surface area (Å²) in [5.74, 6) is 1.79. The summed E-state index contributed by atoms with van der Waals surface area (Å²) in [6, 6.07) is 6.15. The van der Waals surface area contributed by atoms with Gasteiger partial charge in [-0.05, 0) is 18.2 Å². The summed E-state index contributed by atoms with van der Waals surface area (Å²) < 4.78 is 2.15. The molecule has 0 fully saturated rings. The fraction of sp³-hybridized carbons (Fsp3) is 0.294. The van der Waals surface area contributed by atoms with Crippen LogP contribution in [0.1, 0.15) is 26.6 Å². The molecule has 0 amide bonds. The largest absolute Gasteiger partial charge is 0.339 e. The second-order valence-corrected chi connectivity index (χ2v) is 6.93. The molecule has 2 N–H and O–H groups in total. The Kier molecular flexibility index (Phi) is 3.06. The number of rotatable bonds is 2. The molecule has 1 aromatic carbocycles. The van der Waals surface area contributed by atoms with Gasteiger partial charge in [-0.3, -0.25) is 5.10 Å². The molecule has 3 heterocycles. The number of aromatic nitrogens is 6. The van der Waals surface area contributed by atoms with Crippen molar-refractivity contribution in [1.29, 1.82) is 0 Å². The number of H-pyrrole nitrogens is 1. The van der Waals surface area contributed by atoms with Crippen LogP contribution >= 0.6 is 0 Å². The van der Waals surface area contributed by atoms with E-state index in [1.54, 1.807) is 6.20 Å². The summed E-state index contributed by atoms with van der Waals surface area (Å²) in [4.78, 5) is 13.3. The van der Waals surface area contributed by atoms with Gasteiger partial charge in [0.15, 0.2) is 5.65 Å². The zero-order valence-electron chi connectivity index (χ0n) is 14.1. The fourth-order valence-corrected chi connectivity index (χ4v) is 2.95. The van der Waals surface area contributed by atoms with Crippen LogP contribution in [-0.2, 0) is 12.5 Å². The average Bonchev–Trinajstić information content (AvgIpc) is 3.12. The van der Waals surface area contributed by atoms with E-state index in [0.29, 0.717) is 5.65 Å². The lowest BCUT2D eigenvalue weighted by Crippen LogP contribution is -2.17. The maximum atomic E-state index is 4.81. The Morgan fingerprint density at radius 2 is 2.00 bits per heavy atom. The highest BCUT2D eigenvalue weighted by Gasteiger charge is 2.21. The molecule has 0 aliphatic carbocycles. The molecule has 24 heavy (non-hydrogen) atoms. The lowest BCUT2D eigenvalue weighted by atomic mass is 9.96. The Bertz CT molecular complexity index is 1040. The van der Waals surface area contributed by atoms with Crippen molar-refractivity contribution < 1.29 is 0 Å². The van der Waals surface area contributed by atoms with E-state index in [9.17, 15) is 0 Å². The molecule has 4 rings (SSSR count). The average molecular weight is 321 g/mol. The Hall–Kier alpha value is -2.96. The first-order chi connectivity index (χ1) is 11.4. The first-order valence-corrected chi connectivity index (χ1v) is 7.81. The minimum absolute atomic E-state index is 0.00300. The summed E-state index contributed by atoms with van der Waals surface area (Å²) in [6.45, 7) is 6.51. The second kappa shape index (κ2) is 5.02. The van der Waals surface area contributed by atoms with Crippen LogP contribution in [0.3, 0.4) is 0 Å². The minimum atomic E-state index is -0.00300. The molecule has 0 bridgehead atoms. The number of fused-ring (bicyclic) bond motifs is 2. The van der Waals surface area contributed by atoms with E-state index in [0.717, 1.165) is 33.7 Å². The third-order valence-corrected chi connectivity index (χ3v) is 4.06. The van der Waals surface area contributed by atoms with Gasteiger partial charge >= 0.3 is 0 Å². The van der Waals surface area contributed by atoms with Crippen LogP contribution in [-0.4, -0.2) is 29.7 Å². The van der Waals surface area contributed by atoms with Crippen LogP contribution in [0.15, 0.2) is 30.7 Å².